The van der Waals surface area contributed by atoms with E-state index in [9.17, 15) is 14.7 Å². The highest BCUT2D eigenvalue weighted by atomic mass is 16.3. The van der Waals surface area contributed by atoms with E-state index in [-0.39, 0.29) is 28.8 Å². The van der Waals surface area contributed by atoms with Gasteiger partial charge in [-0.15, -0.1) is 0 Å². The third kappa shape index (κ3) is 2.92. The van der Waals surface area contributed by atoms with Crippen molar-refractivity contribution < 1.29 is 9.90 Å². The molecule has 2 heterocycles. The Morgan fingerprint density at radius 1 is 1.03 bits per heavy atom. The van der Waals surface area contributed by atoms with Crippen molar-refractivity contribution in [2.75, 3.05) is 4.90 Å². The number of amides is 1. The van der Waals surface area contributed by atoms with Crippen molar-refractivity contribution in [3.8, 4) is 5.75 Å². The Morgan fingerprint density at radius 3 is 2.37 bits per heavy atom. The number of para-hydroxylation sites is 2. The highest BCUT2D eigenvalue weighted by Crippen LogP contribution is 2.32. The van der Waals surface area contributed by atoms with Gasteiger partial charge < -0.3 is 14.6 Å². The fraction of sp³-hybridized carbons (Fsp3) is 0.208. The third-order valence-electron chi connectivity index (χ3n) is 5.76. The fourth-order valence-electron chi connectivity index (χ4n) is 3.94. The monoisotopic (exact) mass is 401 g/mol. The molecule has 6 nitrogen and oxygen atoms in total. The lowest BCUT2D eigenvalue weighted by Gasteiger charge is -2.22. The van der Waals surface area contributed by atoms with Crippen LogP contribution in [0.3, 0.4) is 0 Å². The van der Waals surface area contributed by atoms with Gasteiger partial charge in [-0.1, -0.05) is 30.3 Å². The fourth-order valence-corrected chi connectivity index (χ4v) is 3.94. The van der Waals surface area contributed by atoms with Crippen LogP contribution in [0.1, 0.15) is 26.3 Å². The van der Waals surface area contributed by atoms with Gasteiger partial charge in [0.05, 0.1) is 17.3 Å². The Bertz CT molecular complexity index is 1290. The number of hydrogen-bond acceptors (Lipinski definition) is 4. The molecule has 1 aromatic heterocycles. The van der Waals surface area contributed by atoms with Crippen LogP contribution < -0.4 is 10.5 Å². The zero-order chi connectivity index (χ0) is 21.6. The van der Waals surface area contributed by atoms with E-state index < -0.39 is 0 Å². The predicted octanol–water partition coefficient (Wildman–Crippen LogP) is 3.76. The first-order valence-corrected chi connectivity index (χ1v) is 9.78. The maximum absolute atomic E-state index is 13.2. The molecule has 6 heteroatoms. The number of nitrogens with zero attached hydrogens (tertiary/aromatic N) is 3. The lowest BCUT2D eigenvalue weighted by atomic mass is 10.1. The standard InChI is InChI=1S/C24H23N3O3/c1-14-16(3)27(17-10-6-5-7-11-17)24(30)21(14)25-15(2)20-22(28)18-12-8-9-13-19(18)26(4)23(20)29/h5-13,16,28H,1-4H3/t16-/m1/s1. The minimum Gasteiger partial charge on any atom is -0.506 e. The lowest BCUT2D eigenvalue weighted by molar-refractivity contribution is -0.114. The second-order valence-electron chi connectivity index (χ2n) is 7.52. The van der Waals surface area contributed by atoms with Gasteiger partial charge in [0.15, 0.2) is 0 Å². The molecule has 1 amide bonds. The summed E-state index contributed by atoms with van der Waals surface area (Å²) < 4.78 is 1.49. The van der Waals surface area contributed by atoms with Crippen LogP contribution in [0.2, 0.25) is 0 Å². The first-order valence-electron chi connectivity index (χ1n) is 9.78. The molecule has 4 rings (SSSR count). The number of benzene rings is 2. The smallest absolute Gasteiger partial charge is 0.277 e. The molecular weight excluding hydrogens is 378 g/mol. The molecule has 0 bridgehead atoms. The second-order valence-corrected chi connectivity index (χ2v) is 7.52. The van der Waals surface area contributed by atoms with Crippen LogP contribution in [0.5, 0.6) is 5.75 Å². The van der Waals surface area contributed by atoms with Crippen molar-refractivity contribution in [1.82, 2.24) is 4.57 Å². The van der Waals surface area contributed by atoms with Crippen molar-refractivity contribution in [2.45, 2.75) is 26.8 Å². The van der Waals surface area contributed by atoms with E-state index >= 15 is 0 Å². The summed E-state index contributed by atoms with van der Waals surface area (Å²) in [5, 5.41) is 11.4. The van der Waals surface area contributed by atoms with Crippen LogP contribution in [0, 0.1) is 0 Å². The van der Waals surface area contributed by atoms with Crippen LogP contribution in [0.15, 0.2) is 75.7 Å². The van der Waals surface area contributed by atoms with Crippen LogP contribution in [-0.2, 0) is 11.8 Å². The van der Waals surface area contributed by atoms with E-state index in [1.165, 1.54) is 4.57 Å². The Kier molecular flexibility index (Phi) is 4.78. The van der Waals surface area contributed by atoms with E-state index in [4.69, 9.17) is 0 Å². The molecule has 1 atom stereocenters. The quantitative estimate of drug-likeness (QED) is 0.679. The lowest BCUT2D eigenvalue weighted by Crippen LogP contribution is -2.33. The summed E-state index contributed by atoms with van der Waals surface area (Å²) in [5.41, 5.74) is 2.61. The molecule has 30 heavy (non-hydrogen) atoms. The molecule has 1 N–H and O–H groups in total. The summed E-state index contributed by atoms with van der Waals surface area (Å²) in [7, 11) is 1.66. The van der Waals surface area contributed by atoms with Gasteiger partial charge in [0.2, 0.25) is 0 Å². The number of carbonyl (C=O) groups excluding carboxylic acids is 1. The normalized spacial score (nSPS) is 17.3. The third-order valence-corrected chi connectivity index (χ3v) is 5.76. The number of anilines is 1. The number of hydrogen-bond donors (Lipinski definition) is 1. The van der Waals surface area contributed by atoms with Crippen molar-refractivity contribution in [3.05, 3.63) is 81.8 Å². The van der Waals surface area contributed by atoms with Gasteiger partial charge in [0, 0.05) is 18.1 Å². The summed E-state index contributed by atoms with van der Waals surface area (Å²) in [6.07, 6.45) is 0. The van der Waals surface area contributed by atoms with Gasteiger partial charge in [-0.2, -0.15) is 0 Å². The largest absolute Gasteiger partial charge is 0.506 e. The van der Waals surface area contributed by atoms with E-state index in [0.29, 0.717) is 22.3 Å². The number of pyridine rings is 1. The summed E-state index contributed by atoms with van der Waals surface area (Å²) in [5.74, 6) is -0.339. The zero-order valence-electron chi connectivity index (χ0n) is 17.4. The van der Waals surface area contributed by atoms with Gasteiger partial charge >= 0.3 is 0 Å². The minimum absolute atomic E-state index is 0.107. The van der Waals surface area contributed by atoms with Crippen molar-refractivity contribution in [1.29, 1.82) is 0 Å². The van der Waals surface area contributed by atoms with E-state index in [1.54, 1.807) is 37.1 Å². The molecule has 2 aromatic carbocycles. The zero-order valence-corrected chi connectivity index (χ0v) is 17.4. The number of aromatic hydroxyl groups is 1. The summed E-state index contributed by atoms with van der Waals surface area (Å²) in [6, 6.07) is 16.4. The molecule has 0 saturated heterocycles. The molecule has 0 saturated carbocycles. The maximum Gasteiger partial charge on any atom is 0.277 e. The van der Waals surface area contributed by atoms with Gasteiger partial charge in [-0.3, -0.25) is 9.59 Å². The summed E-state index contributed by atoms with van der Waals surface area (Å²) in [6.45, 7) is 5.47. The van der Waals surface area contributed by atoms with Crippen molar-refractivity contribution in [3.63, 3.8) is 0 Å². The molecule has 152 valence electrons. The Hall–Kier alpha value is -3.67. The SMILES string of the molecule is CC(=NC1=C(C)[C@@H](C)N(c2ccccc2)C1=O)c1c(O)c2ccccc2n(C)c1=O. The van der Waals surface area contributed by atoms with Gasteiger partial charge in [0.1, 0.15) is 17.0 Å². The maximum atomic E-state index is 13.2. The van der Waals surface area contributed by atoms with Crippen molar-refractivity contribution in [2.24, 2.45) is 12.0 Å². The first kappa shape index (κ1) is 19.6. The highest BCUT2D eigenvalue weighted by molar-refractivity contribution is 6.13. The van der Waals surface area contributed by atoms with Crippen LogP contribution in [-0.4, -0.2) is 27.3 Å². The average Bonchev–Trinajstić information content (AvgIpc) is 2.96. The number of fused-ring (bicyclic) bond motifs is 1. The molecule has 0 radical (unpaired) electrons. The van der Waals surface area contributed by atoms with Gasteiger partial charge in [0.25, 0.3) is 11.5 Å². The molecule has 1 aliphatic rings. The van der Waals surface area contributed by atoms with Gasteiger partial charge in [-0.05, 0) is 50.6 Å². The second kappa shape index (κ2) is 7.30. The molecule has 0 spiro atoms. The Labute approximate surface area is 174 Å². The number of carbonyl (C=O) groups is 1. The average molecular weight is 401 g/mol. The molecule has 0 aliphatic carbocycles. The van der Waals surface area contributed by atoms with Crippen LogP contribution in [0.4, 0.5) is 5.69 Å². The van der Waals surface area contributed by atoms with Gasteiger partial charge in [-0.25, -0.2) is 4.99 Å². The predicted molar refractivity (Wildman–Crippen MR) is 119 cm³/mol. The van der Waals surface area contributed by atoms with E-state index in [1.807, 2.05) is 50.2 Å². The molecule has 0 unspecified atom stereocenters. The first-order chi connectivity index (χ1) is 14.3. The van der Waals surface area contributed by atoms with E-state index in [2.05, 4.69) is 4.99 Å². The van der Waals surface area contributed by atoms with E-state index in [0.717, 1.165) is 11.3 Å². The van der Waals surface area contributed by atoms with Crippen LogP contribution in [0.25, 0.3) is 10.9 Å². The van der Waals surface area contributed by atoms with Crippen molar-refractivity contribution >= 4 is 28.2 Å². The number of aliphatic imine (C=N–C) groups is 1. The number of rotatable bonds is 3. The molecule has 1 aliphatic heterocycles. The number of aryl methyl sites for hydroxylation is 1. The molecular formula is C24H23N3O3. The Morgan fingerprint density at radius 2 is 1.67 bits per heavy atom. The topological polar surface area (TPSA) is 74.9 Å². The summed E-state index contributed by atoms with van der Waals surface area (Å²) >= 11 is 0. The molecule has 0 fully saturated rings. The highest BCUT2D eigenvalue weighted by Gasteiger charge is 2.35. The molecule has 3 aromatic rings. The minimum atomic E-state index is -0.357. The van der Waals surface area contributed by atoms with Crippen LogP contribution >= 0.6 is 0 Å². The number of aromatic nitrogens is 1. The Balaban J connectivity index is 1.83. The summed E-state index contributed by atoms with van der Waals surface area (Å²) in [4.78, 5) is 32.3.